The highest BCUT2D eigenvalue weighted by atomic mass is 32.2. The van der Waals surface area contributed by atoms with Crippen LogP contribution in [0.5, 0.6) is 0 Å². The maximum absolute atomic E-state index is 13.7. The molecule has 0 saturated carbocycles. The molecular weight excluding hydrogens is 531 g/mol. The lowest BCUT2D eigenvalue weighted by atomic mass is 10.1. The number of carbonyl (C=O) groups excluding carboxylic acids is 2. The molecule has 7 nitrogen and oxygen atoms in total. The van der Waals surface area contributed by atoms with Gasteiger partial charge in [-0.05, 0) is 49.2 Å². The number of rotatable bonds is 11. The minimum Gasteiger partial charge on any atom is -0.354 e. The third-order valence-electron chi connectivity index (χ3n) is 5.98. The first kappa shape index (κ1) is 29.7. The molecule has 1 N–H and O–H groups in total. The van der Waals surface area contributed by atoms with E-state index >= 15 is 0 Å². The van der Waals surface area contributed by atoms with E-state index in [1.165, 1.54) is 42.2 Å². The average molecular weight is 562 g/mol. The van der Waals surface area contributed by atoms with Gasteiger partial charge in [0.25, 0.3) is 10.0 Å². The quantitative estimate of drug-likeness (QED) is 0.363. The number of benzene rings is 3. The van der Waals surface area contributed by atoms with Crippen LogP contribution in [-0.2, 0) is 32.3 Å². The number of nitrogens with zero attached hydrogens (tertiary/aromatic N) is 2. The Balaban J connectivity index is 2.05. The molecule has 0 fully saturated rings. The monoisotopic (exact) mass is 561 g/mol. The summed E-state index contributed by atoms with van der Waals surface area (Å²) < 4.78 is 68.4. The van der Waals surface area contributed by atoms with Gasteiger partial charge in [-0.3, -0.25) is 13.9 Å². The SMILES string of the molecule is CCCNC(=O)[C@H](C)N(Cc1ccccc1)C(=O)CN(c1cccc(C(F)(F)F)c1)S(=O)(=O)c1ccccc1. The van der Waals surface area contributed by atoms with Crippen molar-refractivity contribution in [3.63, 3.8) is 0 Å². The molecule has 0 unspecified atom stereocenters. The molecule has 3 aromatic rings. The van der Waals surface area contributed by atoms with Gasteiger partial charge in [-0.1, -0.05) is 61.5 Å². The van der Waals surface area contributed by atoms with Crippen LogP contribution >= 0.6 is 0 Å². The van der Waals surface area contributed by atoms with E-state index in [1.54, 1.807) is 36.4 Å². The van der Waals surface area contributed by atoms with E-state index in [2.05, 4.69) is 5.32 Å². The van der Waals surface area contributed by atoms with Crippen molar-refractivity contribution in [2.45, 2.75) is 43.9 Å². The van der Waals surface area contributed by atoms with Crippen molar-refractivity contribution in [1.82, 2.24) is 10.2 Å². The molecule has 39 heavy (non-hydrogen) atoms. The van der Waals surface area contributed by atoms with Crippen LogP contribution in [-0.4, -0.2) is 44.3 Å². The third kappa shape index (κ3) is 7.60. The van der Waals surface area contributed by atoms with Crippen LogP contribution < -0.4 is 9.62 Å². The summed E-state index contributed by atoms with van der Waals surface area (Å²) in [5, 5.41) is 2.73. The van der Waals surface area contributed by atoms with Crippen molar-refractivity contribution in [3.8, 4) is 0 Å². The van der Waals surface area contributed by atoms with Gasteiger partial charge < -0.3 is 10.2 Å². The lowest BCUT2D eigenvalue weighted by Crippen LogP contribution is -2.51. The van der Waals surface area contributed by atoms with E-state index < -0.39 is 46.2 Å². The lowest BCUT2D eigenvalue weighted by Gasteiger charge is -2.32. The Bertz CT molecular complexity index is 1370. The molecule has 2 amide bonds. The van der Waals surface area contributed by atoms with Crippen molar-refractivity contribution in [2.75, 3.05) is 17.4 Å². The molecule has 0 aliphatic carbocycles. The summed E-state index contributed by atoms with van der Waals surface area (Å²) in [5.74, 6) is -1.19. The highest BCUT2D eigenvalue weighted by molar-refractivity contribution is 7.92. The number of amides is 2. The van der Waals surface area contributed by atoms with Crippen LogP contribution in [0, 0.1) is 0 Å². The van der Waals surface area contributed by atoms with Gasteiger partial charge in [-0.25, -0.2) is 8.42 Å². The van der Waals surface area contributed by atoms with Gasteiger partial charge >= 0.3 is 6.18 Å². The molecular formula is C28H30F3N3O4S. The van der Waals surface area contributed by atoms with E-state index in [-0.39, 0.29) is 17.1 Å². The number of hydrogen-bond acceptors (Lipinski definition) is 4. The lowest BCUT2D eigenvalue weighted by molar-refractivity contribution is -0.139. The van der Waals surface area contributed by atoms with Crippen LogP contribution in [0.25, 0.3) is 0 Å². The zero-order valence-corrected chi connectivity index (χ0v) is 22.4. The molecule has 0 aliphatic heterocycles. The standard InChI is InChI=1S/C28H30F3N3O4S/c1-3-17-32-27(36)21(2)33(19-22-11-6-4-7-12-22)26(35)20-34(39(37,38)25-15-8-5-9-16-25)24-14-10-13-23(18-24)28(29,30)31/h4-16,18,21H,3,17,19-20H2,1-2H3,(H,32,36)/t21-/m0/s1. The van der Waals surface area contributed by atoms with Crippen LogP contribution in [0.15, 0.2) is 89.8 Å². The van der Waals surface area contributed by atoms with Crippen molar-refractivity contribution in [3.05, 3.63) is 96.1 Å². The van der Waals surface area contributed by atoms with Crippen LogP contribution in [0.4, 0.5) is 18.9 Å². The Morgan fingerprint density at radius 1 is 0.923 bits per heavy atom. The Kier molecular flexibility index (Phi) is 9.74. The normalized spacial score (nSPS) is 12.4. The van der Waals surface area contributed by atoms with E-state index in [4.69, 9.17) is 0 Å². The third-order valence-corrected chi connectivity index (χ3v) is 7.77. The Morgan fingerprint density at radius 2 is 1.54 bits per heavy atom. The number of hydrogen-bond donors (Lipinski definition) is 1. The Labute approximate surface area is 226 Å². The van der Waals surface area contributed by atoms with Gasteiger partial charge in [-0.2, -0.15) is 13.2 Å². The molecule has 1 atom stereocenters. The number of nitrogens with one attached hydrogen (secondary N) is 1. The first-order valence-corrected chi connectivity index (χ1v) is 13.7. The van der Waals surface area contributed by atoms with Gasteiger partial charge in [0.15, 0.2) is 0 Å². The molecule has 0 radical (unpaired) electrons. The topological polar surface area (TPSA) is 86.8 Å². The second-order valence-electron chi connectivity index (χ2n) is 8.85. The first-order valence-electron chi connectivity index (χ1n) is 12.3. The molecule has 0 aromatic heterocycles. The zero-order chi connectivity index (χ0) is 28.6. The molecule has 0 bridgehead atoms. The Hall–Kier alpha value is -3.86. The molecule has 11 heteroatoms. The van der Waals surface area contributed by atoms with E-state index in [9.17, 15) is 31.2 Å². The minimum atomic E-state index is -4.73. The van der Waals surface area contributed by atoms with Gasteiger partial charge in [0.05, 0.1) is 16.1 Å². The fraction of sp³-hybridized carbons (Fsp3) is 0.286. The summed E-state index contributed by atoms with van der Waals surface area (Å²) in [5.41, 5.74) is -0.698. The molecule has 208 valence electrons. The second-order valence-corrected chi connectivity index (χ2v) is 10.7. The fourth-order valence-corrected chi connectivity index (χ4v) is 5.27. The summed E-state index contributed by atoms with van der Waals surface area (Å²) in [6, 6.07) is 18.7. The van der Waals surface area contributed by atoms with Crippen molar-refractivity contribution in [1.29, 1.82) is 0 Å². The maximum atomic E-state index is 13.7. The molecule has 3 rings (SSSR count). The number of alkyl halides is 3. The van der Waals surface area contributed by atoms with E-state index in [0.29, 0.717) is 28.9 Å². The van der Waals surface area contributed by atoms with Crippen LogP contribution in [0.2, 0.25) is 0 Å². The summed E-state index contributed by atoms with van der Waals surface area (Å²) in [6.07, 6.45) is -4.06. The number of anilines is 1. The largest absolute Gasteiger partial charge is 0.416 e. The summed E-state index contributed by atoms with van der Waals surface area (Å²) in [4.78, 5) is 27.6. The van der Waals surface area contributed by atoms with Crippen molar-refractivity contribution in [2.24, 2.45) is 0 Å². The zero-order valence-electron chi connectivity index (χ0n) is 21.6. The van der Waals surface area contributed by atoms with Gasteiger partial charge in [0, 0.05) is 13.1 Å². The van der Waals surface area contributed by atoms with Crippen molar-refractivity contribution < 1.29 is 31.2 Å². The van der Waals surface area contributed by atoms with Crippen LogP contribution in [0.3, 0.4) is 0 Å². The second kappa shape index (κ2) is 12.8. The summed E-state index contributed by atoms with van der Waals surface area (Å²) >= 11 is 0. The summed E-state index contributed by atoms with van der Waals surface area (Å²) in [6.45, 7) is 2.94. The fourth-order valence-electron chi connectivity index (χ4n) is 3.84. The highest BCUT2D eigenvalue weighted by Gasteiger charge is 2.35. The van der Waals surface area contributed by atoms with E-state index in [0.717, 1.165) is 12.1 Å². The predicted octanol–water partition coefficient (Wildman–Crippen LogP) is 4.84. The van der Waals surface area contributed by atoms with Crippen LogP contribution in [0.1, 0.15) is 31.4 Å². The van der Waals surface area contributed by atoms with Gasteiger partial charge in [-0.15, -0.1) is 0 Å². The minimum absolute atomic E-state index is 0.0117. The number of halogens is 3. The molecule has 0 saturated heterocycles. The highest BCUT2D eigenvalue weighted by Crippen LogP contribution is 2.33. The first-order chi connectivity index (χ1) is 18.4. The average Bonchev–Trinajstić information content (AvgIpc) is 2.93. The maximum Gasteiger partial charge on any atom is 0.416 e. The molecule has 0 heterocycles. The number of sulfonamides is 1. The molecule has 0 aliphatic rings. The van der Waals surface area contributed by atoms with Crippen molar-refractivity contribution >= 4 is 27.5 Å². The van der Waals surface area contributed by atoms with Gasteiger partial charge in [0.2, 0.25) is 11.8 Å². The Morgan fingerprint density at radius 3 is 2.13 bits per heavy atom. The summed E-state index contributed by atoms with van der Waals surface area (Å²) in [7, 11) is -4.46. The molecule has 0 spiro atoms. The van der Waals surface area contributed by atoms with E-state index in [1.807, 2.05) is 6.92 Å². The predicted molar refractivity (Wildman–Crippen MR) is 142 cm³/mol. The number of carbonyl (C=O) groups is 2. The smallest absolute Gasteiger partial charge is 0.354 e. The van der Waals surface area contributed by atoms with Gasteiger partial charge in [0.1, 0.15) is 12.6 Å². The molecule has 3 aromatic carbocycles.